The van der Waals surface area contributed by atoms with E-state index in [2.05, 4.69) is 0 Å². The van der Waals surface area contributed by atoms with Crippen LogP contribution < -0.4 is 0 Å². The van der Waals surface area contributed by atoms with Crippen molar-refractivity contribution in [1.82, 2.24) is 9.80 Å². The predicted octanol–water partition coefficient (Wildman–Crippen LogP) is 1.83. The number of carbonyl (C=O) groups excluding carboxylic acids is 2. The normalized spacial score (nSPS) is 19.4. The second kappa shape index (κ2) is 5.61. The van der Waals surface area contributed by atoms with Gasteiger partial charge in [-0.2, -0.15) is 0 Å². The Morgan fingerprint density at radius 2 is 2.10 bits per heavy atom. The maximum Gasteiger partial charge on any atom is 0.257 e. The Hall–Kier alpha value is -1.91. The fourth-order valence-corrected chi connectivity index (χ4v) is 2.50. The molecule has 0 radical (unpaired) electrons. The minimum Gasteiger partial charge on any atom is -0.342 e. The Morgan fingerprint density at radius 1 is 1.40 bits per heavy atom. The van der Waals surface area contributed by atoms with Crippen LogP contribution >= 0.6 is 0 Å². The number of halogens is 1. The van der Waals surface area contributed by atoms with E-state index in [9.17, 15) is 14.0 Å². The van der Waals surface area contributed by atoms with Gasteiger partial charge in [-0.15, -0.1) is 0 Å². The molecule has 0 aromatic heterocycles. The molecule has 108 valence electrons. The van der Waals surface area contributed by atoms with Crippen LogP contribution in [0.2, 0.25) is 0 Å². The second-order valence-electron chi connectivity index (χ2n) is 5.17. The summed E-state index contributed by atoms with van der Waals surface area (Å²) in [5.74, 6) is -1.02. The number of benzene rings is 1. The molecule has 1 aromatic rings. The number of carbonyl (C=O) groups is 2. The Bertz CT molecular complexity index is 545. The quantitative estimate of drug-likeness (QED) is 0.828. The van der Waals surface area contributed by atoms with Crippen LogP contribution in [-0.4, -0.2) is 47.8 Å². The molecule has 1 heterocycles. The number of aryl methyl sites for hydroxylation is 1. The van der Waals surface area contributed by atoms with Crippen molar-refractivity contribution < 1.29 is 14.0 Å². The van der Waals surface area contributed by atoms with E-state index in [1.54, 1.807) is 24.9 Å². The third-order valence-electron chi connectivity index (χ3n) is 3.72. The first kappa shape index (κ1) is 14.5. The second-order valence-corrected chi connectivity index (χ2v) is 5.17. The molecule has 1 aromatic carbocycles. The number of hydrogen-bond donors (Lipinski definition) is 0. The van der Waals surface area contributed by atoms with Crippen molar-refractivity contribution in [2.75, 3.05) is 20.1 Å². The third-order valence-corrected chi connectivity index (χ3v) is 3.72. The van der Waals surface area contributed by atoms with Crippen LogP contribution in [0.15, 0.2) is 18.2 Å². The summed E-state index contributed by atoms with van der Waals surface area (Å²) in [6, 6.07) is 4.03. The van der Waals surface area contributed by atoms with Crippen molar-refractivity contribution in [3.8, 4) is 0 Å². The van der Waals surface area contributed by atoms with Crippen molar-refractivity contribution in [3.63, 3.8) is 0 Å². The lowest BCUT2D eigenvalue weighted by molar-refractivity contribution is -0.138. The first-order valence-corrected chi connectivity index (χ1v) is 6.77. The van der Waals surface area contributed by atoms with Crippen LogP contribution in [-0.2, 0) is 4.79 Å². The fourth-order valence-electron chi connectivity index (χ4n) is 2.50. The number of piperazine rings is 1. The van der Waals surface area contributed by atoms with E-state index < -0.39 is 17.8 Å². The van der Waals surface area contributed by atoms with E-state index in [4.69, 9.17) is 0 Å². The number of hydrogen-bond acceptors (Lipinski definition) is 2. The molecule has 1 aliphatic rings. The van der Waals surface area contributed by atoms with Crippen molar-refractivity contribution in [2.45, 2.75) is 26.3 Å². The van der Waals surface area contributed by atoms with Gasteiger partial charge in [0.15, 0.2) is 0 Å². The molecule has 1 saturated heterocycles. The average molecular weight is 278 g/mol. The maximum absolute atomic E-state index is 13.9. The first-order valence-electron chi connectivity index (χ1n) is 6.77. The van der Waals surface area contributed by atoms with Crippen molar-refractivity contribution >= 4 is 11.8 Å². The minimum absolute atomic E-state index is 0.0337. The molecule has 5 heteroatoms. The van der Waals surface area contributed by atoms with Crippen molar-refractivity contribution in [2.24, 2.45) is 0 Å². The molecule has 0 saturated carbocycles. The molecular weight excluding hydrogens is 259 g/mol. The summed E-state index contributed by atoms with van der Waals surface area (Å²) < 4.78 is 13.9. The van der Waals surface area contributed by atoms with E-state index in [1.165, 1.54) is 17.0 Å². The van der Waals surface area contributed by atoms with Crippen molar-refractivity contribution in [1.29, 1.82) is 0 Å². The highest BCUT2D eigenvalue weighted by Crippen LogP contribution is 2.19. The van der Waals surface area contributed by atoms with Gasteiger partial charge in [0.1, 0.15) is 11.9 Å². The molecule has 2 amide bonds. The van der Waals surface area contributed by atoms with Gasteiger partial charge in [-0.1, -0.05) is 13.0 Å². The van der Waals surface area contributed by atoms with E-state index in [0.29, 0.717) is 19.5 Å². The standard InChI is InChI=1S/C15H19FN2O2/c1-4-13-15(20)17(3)7-8-18(13)14(19)11-6-5-10(2)9-12(11)16/h5-6,9,13H,4,7-8H2,1-3H3. The Kier molecular flexibility index (Phi) is 4.06. The summed E-state index contributed by atoms with van der Waals surface area (Å²) >= 11 is 0. The van der Waals surface area contributed by atoms with E-state index in [0.717, 1.165) is 5.56 Å². The van der Waals surface area contributed by atoms with Crippen LogP contribution in [0.25, 0.3) is 0 Å². The molecule has 20 heavy (non-hydrogen) atoms. The Morgan fingerprint density at radius 3 is 2.70 bits per heavy atom. The lowest BCUT2D eigenvalue weighted by Gasteiger charge is -2.38. The number of nitrogens with zero attached hydrogens (tertiary/aromatic N) is 2. The largest absolute Gasteiger partial charge is 0.342 e. The zero-order valence-electron chi connectivity index (χ0n) is 12.0. The average Bonchev–Trinajstić information content (AvgIpc) is 2.41. The lowest BCUT2D eigenvalue weighted by Crippen LogP contribution is -2.57. The van der Waals surface area contributed by atoms with E-state index in [1.807, 2.05) is 6.92 Å². The summed E-state index contributed by atoms with van der Waals surface area (Å²) in [5, 5.41) is 0. The van der Waals surface area contributed by atoms with E-state index >= 15 is 0 Å². The molecule has 0 spiro atoms. The van der Waals surface area contributed by atoms with Crippen LogP contribution in [0.1, 0.15) is 29.3 Å². The van der Waals surface area contributed by atoms with Crippen LogP contribution in [0.5, 0.6) is 0 Å². The summed E-state index contributed by atoms with van der Waals surface area (Å²) in [6.07, 6.45) is 0.530. The molecule has 1 aliphatic heterocycles. The van der Waals surface area contributed by atoms with Gasteiger partial charge < -0.3 is 9.80 Å². The van der Waals surface area contributed by atoms with Gasteiger partial charge in [0.2, 0.25) is 5.91 Å². The summed E-state index contributed by atoms with van der Waals surface area (Å²) in [6.45, 7) is 4.54. The van der Waals surface area contributed by atoms with Gasteiger partial charge in [0.05, 0.1) is 5.56 Å². The monoisotopic (exact) mass is 278 g/mol. The zero-order valence-corrected chi connectivity index (χ0v) is 12.0. The highest BCUT2D eigenvalue weighted by Gasteiger charge is 2.35. The highest BCUT2D eigenvalue weighted by molar-refractivity contribution is 5.98. The van der Waals surface area contributed by atoms with Gasteiger partial charge in [-0.3, -0.25) is 9.59 Å². The molecular formula is C15H19FN2O2. The maximum atomic E-state index is 13.9. The smallest absolute Gasteiger partial charge is 0.257 e. The van der Waals surface area contributed by atoms with Gasteiger partial charge in [0.25, 0.3) is 5.91 Å². The van der Waals surface area contributed by atoms with Gasteiger partial charge in [0, 0.05) is 20.1 Å². The molecule has 1 unspecified atom stereocenters. The molecule has 1 atom stereocenters. The lowest BCUT2D eigenvalue weighted by atomic mass is 10.1. The van der Waals surface area contributed by atoms with Gasteiger partial charge in [-0.25, -0.2) is 4.39 Å². The van der Waals surface area contributed by atoms with Crippen LogP contribution in [0.4, 0.5) is 4.39 Å². The molecule has 0 N–H and O–H groups in total. The number of rotatable bonds is 2. The first-order chi connectivity index (χ1) is 9.45. The topological polar surface area (TPSA) is 40.6 Å². The molecule has 0 aliphatic carbocycles. The highest BCUT2D eigenvalue weighted by atomic mass is 19.1. The van der Waals surface area contributed by atoms with Crippen molar-refractivity contribution in [3.05, 3.63) is 35.1 Å². The Labute approximate surface area is 118 Å². The van der Waals surface area contributed by atoms with E-state index in [-0.39, 0.29) is 11.5 Å². The van der Waals surface area contributed by atoms with Crippen LogP contribution in [0.3, 0.4) is 0 Å². The van der Waals surface area contributed by atoms with Crippen LogP contribution in [0, 0.1) is 12.7 Å². The summed E-state index contributed by atoms with van der Waals surface area (Å²) in [7, 11) is 1.72. The molecule has 2 rings (SSSR count). The fraction of sp³-hybridized carbons (Fsp3) is 0.467. The van der Waals surface area contributed by atoms with Gasteiger partial charge in [-0.05, 0) is 31.0 Å². The Balaban J connectivity index is 2.30. The minimum atomic E-state index is -0.531. The summed E-state index contributed by atoms with van der Waals surface area (Å²) in [4.78, 5) is 27.6. The molecule has 0 bridgehead atoms. The summed E-state index contributed by atoms with van der Waals surface area (Å²) in [5.41, 5.74) is 0.798. The zero-order chi connectivity index (χ0) is 14.9. The SMILES string of the molecule is CCC1C(=O)N(C)CCN1C(=O)c1ccc(C)cc1F. The molecule has 4 nitrogen and oxygen atoms in total. The predicted molar refractivity (Wildman–Crippen MR) is 73.9 cm³/mol. The number of amides is 2. The van der Waals surface area contributed by atoms with Gasteiger partial charge >= 0.3 is 0 Å². The third kappa shape index (κ3) is 2.53. The molecule has 1 fully saturated rings. The number of likely N-dealkylation sites (N-methyl/N-ethyl adjacent to an activating group) is 1.